The maximum atomic E-state index is 13.1. The van der Waals surface area contributed by atoms with Crippen molar-refractivity contribution in [1.82, 2.24) is 15.2 Å². The summed E-state index contributed by atoms with van der Waals surface area (Å²) in [5.41, 5.74) is 4.16. The van der Waals surface area contributed by atoms with Crippen LogP contribution in [0, 0.1) is 11.8 Å². The molecule has 0 radical (unpaired) electrons. The molecule has 3 aliphatic rings. The van der Waals surface area contributed by atoms with Crippen molar-refractivity contribution < 1.29 is 9.53 Å². The van der Waals surface area contributed by atoms with Gasteiger partial charge in [-0.3, -0.25) is 14.7 Å². The quantitative estimate of drug-likeness (QED) is 0.713. The molecule has 1 saturated heterocycles. The van der Waals surface area contributed by atoms with Crippen molar-refractivity contribution in [2.75, 3.05) is 19.7 Å². The summed E-state index contributed by atoms with van der Waals surface area (Å²) in [6.45, 7) is 3.29. The first-order valence-electron chi connectivity index (χ1n) is 12.4. The van der Waals surface area contributed by atoms with Crippen LogP contribution in [0.4, 0.5) is 0 Å². The lowest BCUT2D eigenvalue weighted by Crippen LogP contribution is -2.48. The van der Waals surface area contributed by atoms with Crippen molar-refractivity contribution in [3.05, 3.63) is 59.4 Å². The monoisotopic (exact) mass is 433 g/mol. The number of rotatable bonds is 7. The Morgan fingerprint density at radius 3 is 2.69 bits per heavy atom. The van der Waals surface area contributed by atoms with Gasteiger partial charge >= 0.3 is 0 Å². The van der Waals surface area contributed by atoms with Gasteiger partial charge in [0, 0.05) is 44.0 Å². The van der Waals surface area contributed by atoms with E-state index in [2.05, 4.69) is 45.5 Å². The van der Waals surface area contributed by atoms with Gasteiger partial charge in [0.1, 0.15) is 5.75 Å². The lowest BCUT2D eigenvalue weighted by atomic mass is 9.88. The third-order valence-electron chi connectivity index (χ3n) is 7.40. The minimum absolute atomic E-state index is 0.0276. The first kappa shape index (κ1) is 21.4. The Hall–Kier alpha value is -2.40. The number of fused-ring (bicyclic) bond motifs is 1. The molecular weight excluding hydrogens is 398 g/mol. The van der Waals surface area contributed by atoms with Crippen LogP contribution in [0.1, 0.15) is 55.2 Å². The zero-order chi connectivity index (χ0) is 21.8. The van der Waals surface area contributed by atoms with E-state index < -0.39 is 0 Å². The highest BCUT2D eigenvalue weighted by Crippen LogP contribution is 2.29. The van der Waals surface area contributed by atoms with E-state index in [1.807, 2.05) is 12.4 Å². The Morgan fingerprint density at radius 1 is 1.03 bits per heavy atom. The number of nitrogens with one attached hydrogen (secondary N) is 1. The molecule has 1 saturated carbocycles. The summed E-state index contributed by atoms with van der Waals surface area (Å²) in [7, 11) is 0. The lowest BCUT2D eigenvalue weighted by Gasteiger charge is -2.37. The van der Waals surface area contributed by atoms with Crippen molar-refractivity contribution in [2.45, 2.75) is 64.0 Å². The van der Waals surface area contributed by atoms with Gasteiger partial charge in [0.2, 0.25) is 5.91 Å². The molecule has 2 atom stereocenters. The Kier molecular flexibility index (Phi) is 6.72. The number of nitrogens with zero attached hydrogens (tertiary/aromatic N) is 2. The SMILES string of the molecule is O=C(NC1CCCC1)[C@@H]1C[C@H](COc2ccc3c(c2)CCC3)CN(Cc2ccncc2)C1. The molecule has 0 unspecified atom stereocenters. The summed E-state index contributed by atoms with van der Waals surface area (Å²) < 4.78 is 6.26. The average Bonchev–Trinajstić information content (AvgIpc) is 3.50. The molecule has 0 bridgehead atoms. The fourth-order valence-electron chi connectivity index (χ4n) is 5.73. The molecule has 1 aliphatic heterocycles. The van der Waals surface area contributed by atoms with E-state index in [-0.39, 0.29) is 11.8 Å². The first-order valence-corrected chi connectivity index (χ1v) is 12.4. The molecule has 2 aliphatic carbocycles. The van der Waals surface area contributed by atoms with E-state index >= 15 is 0 Å². The molecule has 1 N–H and O–H groups in total. The Balaban J connectivity index is 1.24. The standard InChI is InChI=1S/C27H35N3O2/c31-27(29-25-6-1-2-7-25)24-14-21(17-30(18-24)16-20-10-12-28-13-11-20)19-32-26-9-8-22-4-3-5-23(22)15-26/h8-13,15,21,24-25H,1-7,14,16-19H2,(H,29,31)/t21-,24+/m0/s1. The van der Waals surface area contributed by atoms with E-state index in [9.17, 15) is 4.79 Å². The fourth-order valence-corrected chi connectivity index (χ4v) is 5.73. The number of hydrogen-bond acceptors (Lipinski definition) is 4. The largest absolute Gasteiger partial charge is 0.493 e. The fraction of sp³-hybridized carbons (Fsp3) is 0.556. The molecule has 5 heteroatoms. The van der Waals surface area contributed by atoms with Gasteiger partial charge in [0.05, 0.1) is 12.5 Å². The van der Waals surface area contributed by atoms with Crippen LogP contribution in [0.25, 0.3) is 0 Å². The van der Waals surface area contributed by atoms with Gasteiger partial charge in [-0.15, -0.1) is 0 Å². The Morgan fingerprint density at radius 2 is 1.84 bits per heavy atom. The minimum atomic E-state index is 0.0276. The molecule has 170 valence electrons. The first-order chi connectivity index (χ1) is 15.7. The second-order valence-electron chi connectivity index (χ2n) is 9.93. The summed E-state index contributed by atoms with van der Waals surface area (Å²) in [6, 6.07) is 11.1. The number of carbonyl (C=O) groups excluding carboxylic acids is 1. The van der Waals surface area contributed by atoms with Gasteiger partial charge in [0.25, 0.3) is 0 Å². The number of amides is 1. The molecule has 2 aromatic rings. The summed E-state index contributed by atoms with van der Waals surface area (Å²) in [5.74, 6) is 1.58. The average molecular weight is 434 g/mol. The van der Waals surface area contributed by atoms with Crippen LogP contribution < -0.4 is 10.1 Å². The summed E-state index contributed by atoms with van der Waals surface area (Å²) >= 11 is 0. The van der Waals surface area contributed by atoms with Gasteiger partial charge in [0.15, 0.2) is 0 Å². The van der Waals surface area contributed by atoms with Gasteiger partial charge in [-0.05, 0) is 79.5 Å². The molecular formula is C27H35N3O2. The van der Waals surface area contributed by atoms with Gasteiger partial charge in [-0.2, -0.15) is 0 Å². The molecule has 1 aromatic heterocycles. The van der Waals surface area contributed by atoms with Crippen molar-refractivity contribution in [3.63, 3.8) is 0 Å². The van der Waals surface area contributed by atoms with Gasteiger partial charge in [-0.25, -0.2) is 0 Å². The molecule has 5 nitrogen and oxygen atoms in total. The number of piperidine rings is 1. The normalized spacial score (nSPS) is 23.8. The third-order valence-corrected chi connectivity index (χ3v) is 7.40. The topological polar surface area (TPSA) is 54.5 Å². The van der Waals surface area contributed by atoms with Crippen LogP contribution in [-0.2, 0) is 24.2 Å². The van der Waals surface area contributed by atoms with E-state index in [1.54, 1.807) is 0 Å². The Bertz CT molecular complexity index is 910. The summed E-state index contributed by atoms with van der Waals surface area (Å²) in [5, 5.41) is 3.34. The van der Waals surface area contributed by atoms with E-state index in [0.29, 0.717) is 18.6 Å². The molecule has 32 heavy (non-hydrogen) atoms. The number of hydrogen-bond donors (Lipinski definition) is 1. The van der Waals surface area contributed by atoms with Crippen LogP contribution in [0.15, 0.2) is 42.7 Å². The van der Waals surface area contributed by atoms with E-state index in [0.717, 1.165) is 44.6 Å². The van der Waals surface area contributed by atoms with Crippen LogP contribution in [0.2, 0.25) is 0 Å². The number of likely N-dealkylation sites (tertiary alicyclic amines) is 1. The summed E-state index contributed by atoms with van der Waals surface area (Å²) in [4.78, 5) is 19.7. The summed E-state index contributed by atoms with van der Waals surface area (Å²) in [6.07, 6.45) is 12.9. The van der Waals surface area contributed by atoms with Gasteiger partial charge in [-0.1, -0.05) is 18.9 Å². The smallest absolute Gasteiger partial charge is 0.224 e. The Labute approximate surface area is 191 Å². The number of aromatic nitrogens is 1. The highest BCUT2D eigenvalue weighted by Gasteiger charge is 2.33. The molecule has 1 amide bonds. The highest BCUT2D eigenvalue weighted by molar-refractivity contribution is 5.79. The van der Waals surface area contributed by atoms with Crippen molar-refractivity contribution >= 4 is 5.91 Å². The second-order valence-corrected chi connectivity index (χ2v) is 9.93. The van der Waals surface area contributed by atoms with Crippen LogP contribution in [0.5, 0.6) is 5.75 Å². The molecule has 1 aromatic carbocycles. The number of pyridine rings is 1. The lowest BCUT2D eigenvalue weighted by molar-refractivity contribution is -0.128. The number of aryl methyl sites for hydroxylation is 2. The maximum absolute atomic E-state index is 13.1. The zero-order valence-corrected chi connectivity index (χ0v) is 19.0. The highest BCUT2D eigenvalue weighted by atomic mass is 16.5. The van der Waals surface area contributed by atoms with Crippen LogP contribution in [-0.4, -0.2) is 41.5 Å². The van der Waals surface area contributed by atoms with E-state index in [4.69, 9.17) is 4.74 Å². The number of benzene rings is 1. The van der Waals surface area contributed by atoms with Crippen LogP contribution in [0.3, 0.4) is 0 Å². The second kappa shape index (κ2) is 10.0. The van der Waals surface area contributed by atoms with Crippen LogP contribution >= 0.6 is 0 Å². The molecule has 0 spiro atoms. The molecule has 2 fully saturated rings. The van der Waals surface area contributed by atoms with Gasteiger partial charge < -0.3 is 10.1 Å². The maximum Gasteiger partial charge on any atom is 0.224 e. The van der Waals surface area contributed by atoms with Crippen molar-refractivity contribution in [1.29, 1.82) is 0 Å². The van der Waals surface area contributed by atoms with Crippen molar-refractivity contribution in [3.8, 4) is 5.75 Å². The molecule has 2 heterocycles. The minimum Gasteiger partial charge on any atom is -0.493 e. The predicted octanol–water partition coefficient (Wildman–Crippen LogP) is 4.15. The van der Waals surface area contributed by atoms with E-state index in [1.165, 1.54) is 48.8 Å². The number of carbonyl (C=O) groups is 1. The number of ether oxygens (including phenoxy) is 1. The third kappa shape index (κ3) is 5.32. The zero-order valence-electron chi connectivity index (χ0n) is 19.0. The molecule has 5 rings (SSSR count). The predicted molar refractivity (Wildman–Crippen MR) is 125 cm³/mol. The van der Waals surface area contributed by atoms with Crippen molar-refractivity contribution in [2.24, 2.45) is 11.8 Å².